The first-order chi connectivity index (χ1) is 13.1. The number of pyridine rings is 1. The fourth-order valence-electron chi connectivity index (χ4n) is 2.70. The number of amides is 1. The maximum atomic E-state index is 12.4. The number of phenolic OH excluding ortho intramolecular Hbond substituents is 1. The number of carbonyl (C=O) groups is 3. The quantitative estimate of drug-likeness (QED) is 0.622. The van der Waals surface area contributed by atoms with Gasteiger partial charge in [0.1, 0.15) is 17.2 Å². The SMILES string of the molecule is CC(C)(CC(=O)O)NC(=O)c1cc(CC(=O)Cc2cc(Cl)ccc2O)ccn1. The molecule has 1 aromatic heterocycles. The number of benzene rings is 1. The van der Waals surface area contributed by atoms with Crippen LogP contribution in [-0.4, -0.2) is 38.4 Å². The highest BCUT2D eigenvalue weighted by molar-refractivity contribution is 6.30. The molecule has 0 atom stereocenters. The minimum absolute atomic E-state index is 0.00187. The number of carboxylic acids is 1. The van der Waals surface area contributed by atoms with E-state index in [-0.39, 0.29) is 36.5 Å². The van der Waals surface area contributed by atoms with E-state index < -0.39 is 17.4 Å². The average molecular weight is 405 g/mol. The zero-order valence-electron chi connectivity index (χ0n) is 15.5. The Morgan fingerprint density at radius 1 is 1.14 bits per heavy atom. The van der Waals surface area contributed by atoms with Crippen molar-refractivity contribution >= 4 is 29.3 Å². The van der Waals surface area contributed by atoms with Gasteiger partial charge in [0.2, 0.25) is 0 Å². The number of carbonyl (C=O) groups excluding carboxylic acids is 2. The number of Topliss-reactive ketones (excluding diaryl/α,β-unsaturated/α-hetero) is 1. The van der Waals surface area contributed by atoms with Gasteiger partial charge in [-0.1, -0.05) is 11.6 Å². The molecule has 1 aromatic carbocycles. The summed E-state index contributed by atoms with van der Waals surface area (Å²) in [6, 6.07) is 7.60. The monoisotopic (exact) mass is 404 g/mol. The largest absolute Gasteiger partial charge is 0.508 e. The van der Waals surface area contributed by atoms with Crippen LogP contribution in [0.25, 0.3) is 0 Å². The van der Waals surface area contributed by atoms with Gasteiger partial charge >= 0.3 is 5.97 Å². The van der Waals surface area contributed by atoms with E-state index in [1.807, 2.05) is 0 Å². The lowest BCUT2D eigenvalue weighted by atomic mass is 10.00. The molecule has 2 aromatic rings. The summed E-state index contributed by atoms with van der Waals surface area (Å²) < 4.78 is 0. The third kappa shape index (κ3) is 6.35. The summed E-state index contributed by atoms with van der Waals surface area (Å²) in [5.41, 5.74) is 0.164. The van der Waals surface area contributed by atoms with Crippen LogP contribution in [0.4, 0.5) is 0 Å². The molecule has 28 heavy (non-hydrogen) atoms. The summed E-state index contributed by atoms with van der Waals surface area (Å²) in [4.78, 5) is 39.6. The Balaban J connectivity index is 2.06. The van der Waals surface area contributed by atoms with Crippen LogP contribution >= 0.6 is 11.6 Å². The van der Waals surface area contributed by atoms with Crippen molar-refractivity contribution in [1.29, 1.82) is 0 Å². The minimum Gasteiger partial charge on any atom is -0.508 e. The molecule has 0 bridgehead atoms. The number of halogens is 1. The molecule has 7 nitrogen and oxygen atoms in total. The van der Waals surface area contributed by atoms with Crippen LogP contribution in [0.2, 0.25) is 5.02 Å². The number of rotatable bonds is 8. The van der Waals surface area contributed by atoms with Gasteiger partial charge in [-0.2, -0.15) is 0 Å². The summed E-state index contributed by atoms with van der Waals surface area (Å²) in [6.45, 7) is 3.20. The lowest BCUT2D eigenvalue weighted by Gasteiger charge is -2.24. The Bertz CT molecular complexity index is 911. The Labute approximate surface area is 167 Å². The van der Waals surface area contributed by atoms with Gasteiger partial charge in [0.05, 0.1) is 6.42 Å². The second-order valence-electron chi connectivity index (χ2n) is 7.12. The molecule has 0 saturated heterocycles. The van der Waals surface area contributed by atoms with Gasteiger partial charge in [-0.05, 0) is 49.7 Å². The highest BCUT2D eigenvalue weighted by Crippen LogP contribution is 2.22. The highest BCUT2D eigenvalue weighted by Gasteiger charge is 2.25. The van der Waals surface area contributed by atoms with Gasteiger partial charge in [-0.25, -0.2) is 0 Å². The third-order valence-corrected chi connectivity index (χ3v) is 4.17. The van der Waals surface area contributed by atoms with E-state index >= 15 is 0 Å². The van der Waals surface area contributed by atoms with Crippen molar-refractivity contribution in [2.75, 3.05) is 0 Å². The first-order valence-electron chi connectivity index (χ1n) is 8.54. The molecule has 2 rings (SSSR count). The second kappa shape index (κ2) is 8.84. The number of aliphatic carboxylic acids is 1. The first kappa shape index (κ1) is 21.4. The van der Waals surface area contributed by atoms with Crippen molar-refractivity contribution in [3.8, 4) is 5.75 Å². The van der Waals surface area contributed by atoms with Crippen molar-refractivity contribution in [3.05, 3.63) is 58.4 Å². The molecule has 0 radical (unpaired) electrons. The normalized spacial score (nSPS) is 11.1. The Morgan fingerprint density at radius 3 is 2.54 bits per heavy atom. The average Bonchev–Trinajstić information content (AvgIpc) is 2.56. The summed E-state index contributed by atoms with van der Waals surface area (Å²) in [7, 11) is 0. The van der Waals surface area contributed by atoms with Crippen molar-refractivity contribution in [2.45, 2.75) is 38.6 Å². The summed E-state index contributed by atoms with van der Waals surface area (Å²) in [5, 5.41) is 21.8. The van der Waals surface area contributed by atoms with Crippen LogP contribution in [0, 0.1) is 0 Å². The van der Waals surface area contributed by atoms with Crippen LogP contribution in [0.3, 0.4) is 0 Å². The lowest BCUT2D eigenvalue weighted by Crippen LogP contribution is -2.45. The lowest BCUT2D eigenvalue weighted by molar-refractivity contribution is -0.138. The molecule has 1 heterocycles. The van der Waals surface area contributed by atoms with Crippen LogP contribution in [0.5, 0.6) is 5.75 Å². The molecule has 0 spiro atoms. The zero-order valence-corrected chi connectivity index (χ0v) is 16.3. The van der Waals surface area contributed by atoms with Crippen molar-refractivity contribution < 1.29 is 24.6 Å². The topological polar surface area (TPSA) is 117 Å². The summed E-state index contributed by atoms with van der Waals surface area (Å²) in [6.07, 6.45) is 1.23. The Hall–Kier alpha value is -2.93. The Morgan fingerprint density at radius 2 is 1.86 bits per heavy atom. The molecule has 3 N–H and O–H groups in total. The van der Waals surface area contributed by atoms with Gasteiger partial charge in [0, 0.05) is 35.2 Å². The van der Waals surface area contributed by atoms with Gasteiger partial charge in [-0.15, -0.1) is 0 Å². The zero-order chi connectivity index (χ0) is 20.9. The minimum atomic E-state index is -1.03. The molecule has 0 aliphatic rings. The van der Waals surface area contributed by atoms with Crippen molar-refractivity contribution in [2.24, 2.45) is 0 Å². The second-order valence-corrected chi connectivity index (χ2v) is 7.56. The fourth-order valence-corrected chi connectivity index (χ4v) is 2.90. The van der Waals surface area contributed by atoms with E-state index in [1.165, 1.54) is 30.5 Å². The summed E-state index contributed by atoms with van der Waals surface area (Å²) in [5.74, 6) is -1.72. The smallest absolute Gasteiger partial charge is 0.305 e. The van der Waals surface area contributed by atoms with E-state index in [1.54, 1.807) is 19.9 Å². The van der Waals surface area contributed by atoms with E-state index in [0.717, 1.165) is 0 Å². The molecular formula is C20H21ClN2O5. The molecule has 0 aliphatic heterocycles. The van der Waals surface area contributed by atoms with Gasteiger partial charge in [0.15, 0.2) is 0 Å². The maximum absolute atomic E-state index is 12.4. The Kier molecular flexibility index (Phi) is 6.75. The van der Waals surface area contributed by atoms with E-state index in [4.69, 9.17) is 16.7 Å². The highest BCUT2D eigenvalue weighted by atomic mass is 35.5. The van der Waals surface area contributed by atoms with Gasteiger partial charge in [-0.3, -0.25) is 19.4 Å². The number of phenols is 1. The van der Waals surface area contributed by atoms with Crippen LogP contribution in [0.1, 0.15) is 41.9 Å². The van der Waals surface area contributed by atoms with E-state index in [2.05, 4.69) is 10.3 Å². The standard InChI is InChI=1S/C20H21ClN2O5/c1-20(2,11-18(26)27)23-19(28)16-8-12(5-6-22-16)7-15(24)10-13-9-14(21)3-4-17(13)25/h3-6,8-9,25H,7,10-11H2,1-2H3,(H,23,28)(H,26,27). The number of nitrogens with zero attached hydrogens (tertiary/aromatic N) is 1. The number of hydrogen-bond acceptors (Lipinski definition) is 5. The fraction of sp³-hybridized carbons (Fsp3) is 0.300. The van der Waals surface area contributed by atoms with E-state index in [9.17, 15) is 19.5 Å². The number of nitrogens with one attached hydrogen (secondary N) is 1. The molecule has 0 aliphatic carbocycles. The number of aromatic hydroxyl groups is 1. The van der Waals surface area contributed by atoms with Crippen molar-refractivity contribution in [1.82, 2.24) is 10.3 Å². The maximum Gasteiger partial charge on any atom is 0.305 e. The predicted molar refractivity (Wildman–Crippen MR) is 104 cm³/mol. The van der Waals surface area contributed by atoms with Crippen molar-refractivity contribution in [3.63, 3.8) is 0 Å². The predicted octanol–water partition coefficient (Wildman–Crippen LogP) is 2.78. The van der Waals surface area contributed by atoms with Crippen LogP contribution in [0.15, 0.2) is 36.5 Å². The summed E-state index contributed by atoms with van der Waals surface area (Å²) >= 11 is 5.89. The molecule has 148 valence electrons. The number of aromatic nitrogens is 1. The molecule has 8 heteroatoms. The number of carboxylic acid groups (broad SMARTS) is 1. The van der Waals surface area contributed by atoms with Crippen LogP contribution < -0.4 is 5.32 Å². The van der Waals surface area contributed by atoms with Gasteiger partial charge < -0.3 is 15.5 Å². The molecule has 0 saturated carbocycles. The molecule has 0 fully saturated rings. The van der Waals surface area contributed by atoms with Crippen LogP contribution in [-0.2, 0) is 22.4 Å². The first-order valence-corrected chi connectivity index (χ1v) is 8.92. The molecule has 0 unspecified atom stereocenters. The number of hydrogen-bond donors (Lipinski definition) is 3. The van der Waals surface area contributed by atoms with E-state index in [0.29, 0.717) is 16.1 Å². The molecule has 1 amide bonds. The third-order valence-electron chi connectivity index (χ3n) is 3.93. The number of ketones is 1. The molecular weight excluding hydrogens is 384 g/mol. The van der Waals surface area contributed by atoms with Gasteiger partial charge in [0.25, 0.3) is 5.91 Å².